The van der Waals surface area contributed by atoms with Crippen LogP contribution in [0.2, 0.25) is 0 Å². The molecular formula is C10H9F2N3. The maximum Gasteiger partial charge on any atom is 0.205 e. The molecule has 0 amide bonds. The van der Waals surface area contributed by atoms with Gasteiger partial charge in [-0.3, -0.25) is 4.57 Å². The van der Waals surface area contributed by atoms with Gasteiger partial charge >= 0.3 is 0 Å². The third-order valence-corrected chi connectivity index (χ3v) is 1.98. The Labute approximate surface area is 85.2 Å². The number of hydrogen-bond acceptors (Lipinski definition) is 2. The van der Waals surface area contributed by atoms with Crippen LogP contribution in [0.3, 0.4) is 0 Å². The number of anilines is 1. The first-order valence-corrected chi connectivity index (χ1v) is 4.34. The Balaban J connectivity index is 2.58. The molecule has 1 aromatic carbocycles. The highest BCUT2D eigenvalue weighted by Gasteiger charge is 2.06. The third-order valence-electron chi connectivity index (χ3n) is 1.98. The number of nitrogen functional groups attached to an aromatic ring is 1. The van der Waals surface area contributed by atoms with Crippen LogP contribution in [0.5, 0.6) is 0 Å². The van der Waals surface area contributed by atoms with Crippen molar-refractivity contribution in [1.82, 2.24) is 9.55 Å². The molecule has 0 unspecified atom stereocenters. The molecule has 2 aromatic rings. The van der Waals surface area contributed by atoms with E-state index in [1.165, 1.54) is 16.7 Å². The van der Waals surface area contributed by atoms with Crippen LogP contribution < -0.4 is 5.73 Å². The molecule has 2 rings (SSSR count). The van der Waals surface area contributed by atoms with E-state index in [0.29, 0.717) is 11.4 Å². The molecule has 78 valence electrons. The lowest BCUT2D eigenvalue weighted by Gasteiger charge is -2.04. The fourth-order valence-corrected chi connectivity index (χ4v) is 1.40. The lowest BCUT2D eigenvalue weighted by Crippen LogP contribution is -2.00. The summed E-state index contributed by atoms with van der Waals surface area (Å²) in [5, 5.41) is 0. The van der Waals surface area contributed by atoms with Crippen LogP contribution in [0.1, 0.15) is 5.69 Å². The van der Waals surface area contributed by atoms with E-state index < -0.39 is 11.6 Å². The summed E-state index contributed by atoms with van der Waals surface area (Å²) in [6.07, 6.45) is 1.61. The smallest absolute Gasteiger partial charge is 0.205 e. The van der Waals surface area contributed by atoms with Crippen LogP contribution in [-0.4, -0.2) is 9.55 Å². The second-order valence-electron chi connectivity index (χ2n) is 3.24. The largest absolute Gasteiger partial charge is 0.369 e. The van der Waals surface area contributed by atoms with Crippen molar-refractivity contribution in [3.8, 4) is 5.69 Å². The van der Waals surface area contributed by atoms with Crippen LogP contribution in [-0.2, 0) is 0 Å². The molecule has 0 aliphatic heterocycles. The van der Waals surface area contributed by atoms with E-state index in [9.17, 15) is 8.78 Å². The number of aromatic nitrogens is 2. The Morgan fingerprint density at radius 2 is 1.80 bits per heavy atom. The van der Waals surface area contributed by atoms with Gasteiger partial charge in [0.2, 0.25) is 5.95 Å². The van der Waals surface area contributed by atoms with E-state index in [2.05, 4.69) is 4.98 Å². The minimum Gasteiger partial charge on any atom is -0.369 e. The second kappa shape index (κ2) is 3.34. The van der Waals surface area contributed by atoms with Crippen molar-refractivity contribution in [3.63, 3.8) is 0 Å². The Bertz CT molecular complexity index is 485. The summed E-state index contributed by atoms with van der Waals surface area (Å²) in [5.41, 5.74) is 6.60. The molecule has 0 aliphatic rings. The van der Waals surface area contributed by atoms with Crippen molar-refractivity contribution in [2.75, 3.05) is 5.73 Å². The summed E-state index contributed by atoms with van der Waals surface area (Å²) < 4.78 is 27.3. The van der Waals surface area contributed by atoms with Crippen LogP contribution in [0, 0.1) is 18.6 Å². The molecule has 0 saturated heterocycles. The molecule has 0 spiro atoms. The van der Waals surface area contributed by atoms with E-state index in [4.69, 9.17) is 5.73 Å². The number of halogens is 2. The number of nitrogens with zero attached hydrogens (tertiary/aromatic N) is 2. The standard InChI is InChI=1S/C10H9F2N3/c1-6-5-15(10(13)14-6)9-3-7(11)2-8(12)4-9/h2-5H,1H3,(H2,13,14). The minimum absolute atomic E-state index is 0.206. The third kappa shape index (κ3) is 1.81. The molecule has 0 fully saturated rings. The maximum absolute atomic E-state index is 12.9. The molecule has 15 heavy (non-hydrogen) atoms. The van der Waals surface area contributed by atoms with Gasteiger partial charge in [0.1, 0.15) is 11.6 Å². The monoisotopic (exact) mass is 209 g/mol. The van der Waals surface area contributed by atoms with Crippen molar-refractivity contribution in [1.29, 1.82) is 0 Å². The van der Waals surface area contributed by atoms with Crippen LogP contribution in [0.4, 0.5) is 14.7 Å². The highest BCUT2D eigenvalue weighted by Crippen LogP contribution is 2.16. The number of hydrogen-bond donors (Lipinski definition) is 1. The molecule has 0 radical (unpaired) electrons. The Morgan fingerprint density at radius 1 is 1.20 bits per heavy atom. The number of aryl methyl sites for hydroxylation is 1. The average Bonchev–Trinajstić information content (AvgIpc) is 2.43. The molecule has 0 bridgehead atoms. The Kier molecular flexibility index (Phi) is 2.15. The quantitative estimate of drug-likeness (QED) is 0.781. The zero-order chi connectivity index (χ0) is 11.0. The molecule has 0 atom stereocenters. The topological polar surface area (TPSA) is 43.8 Å². The van der Waals surface area contributed by atoms with Gasteiger partial charge in [0.05, 0.1) is 11.4 Å². The molecular weight excluding hydrogens is 200 g/mol. The maximum atomic E-state index is 12.9. The fourth-order valence-electron chi connectivity index (χ4n) is 1.40. The summed E-state index contributed by atoms with van der Waals surface area (Å²) in [6.45, 7) is 1.75. The number of nitrogens with two attached hydrogens (primary N) is 1. The van der Waals surface area contributed by atoms with Gasteiger partial charge in [0.25, 0.3) is 0 Å². The van der Waals surface area contributed by atoms with Gasteiger partial charge in [-0.15, -0.1) is 0 Å². The van der Waals surface area contributed by atoms with Crippen molar-refractivity contribution in [3.05, 3.63) is 41.7 Å². The molecule has 3 nitrogen and oxygen atoms in total. The van der Waals surface area contributed by atoms with E-state index in [0.717, 1.165) is 6.07 Å². The van der Waals surface area contributed by atoms with Crippen molar-refractivity contribution >= 4 is 5.95 Å². The van der Waals surface area contributed by atoms with Gasteiger partial charge in [0.15, 0.2) is 0 Å². The first kappa shape index (κ1) is 9.64. The average molecular weight is 209 g/mol. The molecule has 0 saturated carbocycles. The minimum atomic E-state index is -0.643. The van der Waals surface area contributed by atoms with Crippen molar-refractivity contribution in [2.24, 2.45) is 0 Å². The van der Waals surface area contributed by atoms with Gasteiger partial charge in [-0.2, -0.15) is 0 Å². The lowest BCUT2D eigenvalue weighted by molar-refractivity contribution is 0.581. The SMILES string of the molecule is Cc1cn(-c2cc(F)cc(F)c2)c(N)n1. The highest BCUT2D eigenvalue weighted by molar-refractivity contribution is 5.40. The van der Waals surface area contributed by atoms with Crippen molar-refractivity contribution < 1.29 is 8.78 Å². The predicted octanol–water partition coefficient (Wildman–Crippen LogP) is 2.04. The molecule has 0 aliphatic carbocycles. The molecule has 1 heterocycles. The first-order chi connectivity index (χ1) is 7.06. The van der Waals surface area contributed by atoms with Gasteiger partial charge in [-0.1, -0.05) is 0 Å². The Morgan fingerprint density at radius 3 is 2.27 bits per heavy atom. The fraction of sp³-hybridized carbons (Fsp3) is 0.100. The second-order valence-corrected chi connectivity index (χ2v) is 3.24. The van der Waals surface area contributed by atoms with Crippen LogP contribution >= 0.6 is 0 Å². The predicted molar refractivity (Wildman–Crippen MR) is 52.6 cm³/mol. The van der Waals surface area contributed by atoms with E-state index in [1.54, 1.807) is 13.1 Å². The number of rotatable bonds is 1. The first-order valence-electron chi connectivity index (χ1n) is 4.34. The Hall–Kier alpha value is -1.91. The number of imidazole rings is 1. The molecule has 2 N–H and O–H groups in total. The number of benzene rings is 1. The van der Waals surface area contributed by atoms with Gasteiger partial charge < -0.3 is 5.73 Å². The van der Waals surface area contributed by atoms with Gasteiger partial charge in [-0.25, -0.2) is 13.8 Å². The van der Waals surface area contributed by atoms with E-state index in [1.807, 2.05) is 0 Å². The molecule has 5 heteroatoms. The van der Waals surface area contributed by atoms with Gasteiger partial charge in [-0.05, 0) is 19.1 Å². The summed E-state index contributed by atoms with van der Waals surface area (Å²) in [4.78, 5) is 3.94. The molecule has 1 aromatic heterocycles. The summed E-state index contributed by atoms with van der Waals surface area (Å²) in [5.74, 6) is -1.08. The normalized spacial score (nSPS) is 10.6. The van der Waals surface area contributed by atoms with Crippen LogP contribution in [0.25, 0.3) is 5.69 Å². The summed E-state index contributed by atoms with van der Waals surface area (Å²) >= 11 is 0. The summed E-state index contributed by atoms with van der Waals surface area (Å²) in [7, 11) is 0. The van der Waals surface area contributed by atoms with Crippen molar-refractivity contribution in [2.45, 2.75) is 6.92 Å². The zero-order valence-electron chi connectivity index (χ0n) is 8.04. The van der Waals surface area contributed by atoms with E-state index in [-0.39, 0.29) is 5.95 Å². The summed E-state index contributed by atoms with van der Waals surface area (Å²) in [6, 6.07) is 3.20. The van der Waals surface area contributed by atoms with Gasteiger partial charge in [0, 0.05) is 12.3 Å². The lowest BCUT2D eigenvalue weighted by atomic mass is 10.3. The van der Waals surface area contributed by atoms with Crippen LogP contribution in [0.15, 0.2) is 24.4 Å². The zero-order valence-corrected chi connectivity index (χ0v) is 8.04. The highest BCUT2D eigenvalue weighted by atomic mass is 19.1. The van der Waals surface area contributed by atoms with E-state index >= 15 is 0 Å².